The molecule has 0 unspecified atom stereocenters. The maximum Gasteiger partial charge on any atom is 0.251 e. The number of aryl methyl sites for hydroxylation is 1. The number of nitrogens with zero attached hydrogens (tertiary/aromatic N) is 3. The Morgan fingerprint density at radius 2 is 1.64 bits per heavy atom. The fourth-order valence-corrected chi connectivity index (χ4v) is 7.35. The lowest BCUT2D eigenvalue weighted by Crippen LogP contribution is -2.51. The van der Waals surface area contributed by atoms with Gasteiger partial charge in [0, 0.05) is 37.1 Å². The fraction of sp³-hybridized carbons (Fsp3) is 0.353. The highest BCUT2D eigenvalue weighted by Crippen LogP contribution is 2.22. The van der Waals surface area contributed by atoms with Crippen LogP contribution in [-0.2, 0) is 29.5 Å². The number of hydrogen-bond donors (Lipinski definition) is 3. The number of carbonyl (C=O) groups excluding carboxylic acids is 1. The first-order valence-electron chi connectivity index (χ1n) is 14.9. The topological polar surface area (TPSA) is 123 Å². The van der Waals surface area contributed by atoms with Gasteiger partial charge in [0.05, 0.1) is 27.7 Å². The molecule has 0 fully saturated rings. The van der Waals surface area contributed by atoms with Crippen LogP contribution in [-0.4, -0.2) is 71.0 Å². The van der Waals surface area contributed by atoms with E-state index in [1.807, 2.05) is 81.7 Å². The smallest absolute Gasteiger partial charge is 0.251 e. The van der Waals surface area contributed by atoms with Crippen LogP contribution < -0.4 is 5.32 Å². The molecule has 1 amide bonds. The summed E-state index contributed by atoms with van der Waals surface area (Å²) < 4.78 is 28.5. The molecule has 0 spiro atoms. The molecule has 4 aromatic rings. The Bertz CT molecular complexity index is 1640. The van der Waals surface area contributed by atoms with Gasteiger partial charge in [-0.2, -0.15) is 4.31 Å². The van der Waals surface area contributed by atoms with Crippen LogP contribution in [0.15, 0.2) is 89.1 Å². The van der Waals surface area contributed by atoms with Gasteiger partial charge in [0.15, 0.2) is 0 Å². The second-order valence-electron chi connectivity index (χ2n) is 11.8. The third-order valence-corrected chi connectivity index (χ3v) is 9.92. The number of phenolic OH excluding ortho intramolecular Hbond substituents is 1. The molecule has 0 aliphatic heterocycles. The van der Waals surface area contributed by atoms with Crippen molar-refractivity contribution in [2.75, 3.05) is 20.1 Å². The van der Waals surface area contributed by atoms with E-state index in [1.54, 1.807) is 17.4 Å². The molecule has 0 saturated carbocycles. The summed E-state index contributed by atoms with van der Waals surface area (Å²) in [5, 5.41) is 27.3. The molecule has 0 bridgehead atoms. The molecule has 11 heteroatoms. The minimum atomic E-state index is -3.99. The van der Waals surface area contributed by atoms with Crippen molar-refractivity contribution in [3.05, 3.63) is 112 Å². The molecule has 0 aliphatic carbocycles. The summed E-state index contributed by atoms with van der Waals surface area (Å²) in [6, 6.07) is 21.4. The number of aliphatic hydroxyl groups is 1. The van der Waals surface area contributed by atoms with E-state index in [-0.39, 0.29) is 35.6 Å². The van der Waals surface area contributed by atoms with E-state index in [1.165, 1.54) is 28.6 Å². The van der Waals surface area contributed by atoms with Crippen molar-refractivity contribution in [3.63, 3.8) is 0 Å². The van der Waals surface area contributed by atoms with Gasteiger partial charge in [-0.1, -0.05) is 56.3 Å². The van der Waals surface area contributed by atoms with Crippen molar-refractivity contribution in [1.29, 1.82) is 0 Å². The molecule has 3 aromatic carbocycles. The van der Waals surface area contributed by atoms with E-state index in [4.69, 9.17) is 0 Å². The minimum Gasteiger partial charge on any atom is -0.508 e. The number of aromatic hydroxyl groups is 1. The number of aromatic nitrogens is 1. The van der Waals surface area contributed by atoms with Crippen LogP contribution in [0.2, 0.25) is 0 Å². The highest BCUT2D eigenvalue weighted by atomic mass is 32.2. The zero-order chi connectivity index (χ0) is 32.6. The van der Waals surface area contributed by atoms with E-state index < -0.39 is 22.2 Å². The van der Waals surface area contributed by atoms with Crippen molar-refractivity contribution in [2.45, 2.75) is 57.3 Å². The van der Waals surface area contributed by atoms with Crippen molar-refractivity contribution < 1.29 is 23.4 Å². The molecule has 0 saturated heterocycles. The molecule has 2 atom stereocenters. The molecular weight excluding hydrogens is 609 g/mol. The van der Waals surface area contributed by atoms with Gasteiger partial charge in [-0.15, -0.1) is 11.3 Å². The summed E-state index contributed by atoms with van der Waals surface area (Å²) in [6.07, 6.45) is -0.909. The maximum atomic E-state index is 13.6. The lowest BCUT2D eigenvalue weighted by Gasteiger charge is -2.31. The number of sulfonamides is 1. The van der Waals surface area contributed by atoms with Crippen molar-refractivity contribution in [2.24, 2.45) is 5.92 Å². The van der Waals surface area contributed by atoms with Crippen LogP contribution >= 0.6 is 11.3 Å². The van der Waals surface area contributed by atoms with E-state index in [0.717, 1.165) is 21.8 Å². The van der Waals surface area contributed by atoms with Crippen LogP contribution in [0.3, 0.4) is 0 Å². The summed E-state index contributed by atoms with van der Waals surface area (Å²) >= 11 is 1.62. The van der Waals surface area contributed by atoms with Crippen LogP contribution in [0.25, 0.3) is 0 Å². The number of phenols is 1. The van der Waals surface area contributed by atoms with Crippen LogP contribution in [0.4, 0.5) is 0 Å². The number of aliphatic hydroxyl groups excluding tert-OH is 1. The minimum absolute atomic E-state index is 0.0171. The van der Waals surface area contributed by atoms with Gasteiger partial charge in [-0.25, -0.2) is 13.4 Å². The zero-order valence-electron chi connectivity index (χ0n) is 26.1. The molecular formula is C34H42N4O5S2. The Hall–Kier alpha value is -3.61. The van der Waals surface area contributed by atoms with E-state index in [2.05, 4.69) is 15.2 Å². The number of thiazole rings is 1. The highest BCUT2D eigenvalue weighted by Gasteiger charge is 2.31. The Morgan fingerprint density at radius 1 is 0.956 bits per heavy atom. The Kier molecular flexibility index (Phi) is 11.9. The van der Waals surface area contributed by atoms with Crippen LogP contribution in [0.1, 0.15) is 46.0 Å². The monoisotopic (exact) mass is 650 g/mol. The van der Waals surface area contributed by atoms with Gasteiger partial charge in [0.1, 0.15) is 5.75 Å². The third-order valence-electron chi connectivity index (χ3n) is 7.25. The van der Waals surface area contributed by atoms with Crippen molar-refractivity contribution in [1.82, 2.24) is 19.5 Å². The molecule has 4 rings (SSSR count). The second-order valence-corrected chi connectivity index (χ2v) is 14.8. The first kappa shape index (κ1) is 34.3. The summed E-state index contributed by atoms with van der Waals surface area (Å²) in [6.45, 7) is 7.03. The largest absolute Gasteiger partial charge is 0.508 e. The van der Waals surface area contributed by atoms with Gasteiger partial charge in [0.2, 0.25) is 10.0 Å². The second kappa shape index (κ2) is 15.6. The molecule has 3 N–H and O–H groups in total. The highest BCUT2D eigenvalue weighted by molar-refractivity contribution is 7.89. The molecule has 0 radical (unpaired) electrons. The summed E-state index contributed by atoms with van der Waals surface area (Å²) in [5.74, 6) is -0.418. The Morgan fingerprint density at radius 3 is 2.29 bits per heavy atom. The average Bonchev–Trinajstić information content (AvgIpc) is 3.40. The maximum absolute atomic E-state index is 13.6. The standard InChI is InChI=1S/C34H42N4O5S2/c1-24(2)19-38(45(42,43)31-15-13-30(39)14-16-31)22-33(40)32(18-26-9-6-5-7-10-26)36-34(41)28-12-8-11-27(17-28)20-37(4)21-29-23-44-25(3)35-29/h5-17,23-24,32-33,39-40H,18-22H2,1-4H3,(H,36,41)/t32-,33+/m0/s1. The predicted octanol–water partition coefficient (Wildman–Crippen LogP) is 4.84. The molecule has 0 aliphatic rings. The SMILES string of the molecule is Cc1nc(CN(C)Cc2cccc(C(=O)N[C@@H](Cc3ccccc3)[C@H](O)CN(CC(C)C)S(=O)(=O)c3ccc(O)cc3)c2)cs1. The Labute approximate surface area is 270 Å². The summed E-state index contributed by atoms with van der Waals surface area (Å²) in [7, 11) is -1.99. The lowest BCUT2D eigenvalue weighted by atomic mass is 10.00. The number of rotatable bonds is 15. The third kappa shape index (κ3) is 9.94. The van der Waals surface area contributed by atoms with Gasteiger partial charge < -0.3 is 15.5 Å². The first-order valence-corrected chi connectivity index (χ1v) is 17.2. The number of nitrogens with one attached hydrogen (secondary N) is 1. The van der Waals surface area contributed by atoms with Crippen molar-refractivity contribution >= 4 is 27.3 Å². The predicted molar refractivity (Wildman–Crippen MR) is 178 cm³/mol. The van der Waals surface area contributed by atoms with Gasteiger partial charge in [-0.3, -0.25) is 9.69 Å². The normalized spacial score (nSPS) is 13.3. The first-order chi connectivity index (χ1) is 21.4. The molecule has 9 nitrogen and oxygen atoms in total. The molecule has 45 heavy (non-hydrogen) atoms. The quantitative estimate of drug-likeness (QED) is 0.168. The van der Waals surface area contributed by atoms with Crippen LogP contribution in [0, 0.1) is 12.8 Å². The number of benzene rings is 3. The molecule has 240 valence electrons. The summed E-state index contributed by atoms with van der Waals surface area (Å²) in [5.41, 5.74) is 3.31. The summed E-state index contributed by atoms with van der Waals surface area (Å²) in [4.78, 5) is 20.3. The average molecular weight is 651 g/mol. The van der Waals surface area contributed by atoms with E-state index in [0.29, 0.717) is 25.1 Å². The number of hydrogen-bond acceptors (Lipinski definition) is 8. The lowest BCUT2D eigenvalue weighted by molar-refractivity contribution is 0.0775. The van der Waals surface area contributed by atoms with Crippen molar-refractivity contribution in [3.8, 4) is 5.75 Å². The van der Waals surface area contributed by atoms with E-state index >= 15 is 0 Å². The number of amides is 1. The van der Waals surface area contributed by atoms with E-state index in [9.17, 15) is 23.4 Å². The van der Waals surface area contributed by atoms with Gasteiger partial charge >= 0.3 is 0 Å². The Balaban J connectivity index is 1.53. The molecule has 1 heterocycles. The van der Waals surface area contributed by atoms with Gasteiger partial charge in [0.25, 0.3) is 5.91 Å². The zero-order valence-corrected chi connectivity index (χ0v) is 27.8. The van der Waals surface area contributed by atoms with Crippen LogP contribution in [0.5, 0.6) is 5.75 Å². The fourth-order valence-electron chi connectivity index (χ4n) is 5.12. The molecule has 1 aromatic heterocycles. The number of carbonyl (C=O) groups is 1. The van der Waals surface area contributed by atoms with Gasteiger partial charge in [-0.05, 0) is 73.8 Å².